The van der Waals surface area contributed by atoms with Crippen molar-refractivity contribution >= 4 is 63.9 Å². The predicted octanol–water partition coefficient (Wildman–Crippen LogP) is 1.35. The summed E-state index contributed by atoms with van der Waals surface area (Å²) in [6.45, 7) is 1.89. The Kier molecular flexibility index (Phi) is 14.5. The molecule has 388 valence electrons. The van der Waals surface area contributed by atoms with Crippen LogP contribution in [0, 0.1) is 12.7 Å². The van der Waals surface area contributed by atoms with Crippen LogP contribution >= 0.6 is 0 Å². The van der Waals surface area contributed by atoms with Gasteiger partial charge in [0.1, 0.15) is 25.2 Å². The minimum Gasteiger partial charge on any atom is -0.458 e. The molecule has 75 heavy (non-hydrogen) atoms. The SMILES string of the molecule is CC[C@@]1(O)C(=O)OCc2c1cc1n(c2=O)Cc2c-1nc1cc(F)c(C)c3c1c2[C@@H](OCCOCNC(=O)CNC(=O)[C@H](Cc1ccccc1)NC(=O)CNC(=O)Cc1c(C(N)=O)cccc1N1C(=O)C=CC1=O)CC3. The van der Waals surface area contributed by atoms with Crippen molar-refractivity contribution in [2.75, 3.05) is 37.9 Å². The van der Waals surface area contributed by atoms with Gasteiger partial charge in [0.15, 0.2) is 5.60 Å². The molecule has 4 aliphatic rings. The highest BCUT2D eigenvalue weighted by Crippen LogP contribution is 2.47. The van der Waals surface area contributed by atoms with E-state index in [1.807, 2.05) is 0 Å². The number of nitrogens with two attached hydrogens (primary N) is 1. The number of esters is 1. The molecule has 3 aliphatic heterocycles. The molecule has 0 saturated carbocycles. The number of cyclic esters (lactones) is 1. The number of rotatable bonds is 19. The fraction of sp³-hybridized carbons (Fsp3) is 0.321. The van der Waals surface area contributed by atoms with E-state index in [0.717, 1.165) is 33.6 Å². The third-order valence-electron chi connectivity index (χ3n) is 13.9. The molecule has 5 aromatic rings. The van der Waals surface area contributed by atoms with Gasteiger partial charge in [-0.1, -0.05) is 43.3 Å². The van der Waals surface area contributed by atoms with E-state index in [4.69, 9.17) is 24.9 Å². The number of nitrogens with one attached hydrogen (secondary N) is 4. The normalized spacial score (nSPS) is 17.5. The Bertz CT molecular complexity index is 3320. The Morgan fingerprint density at radius 3 is 2.40 bits per heavy atom. The van der Waals surface area contributed by atoms with Gasteiger partial charge in [0, 0.05) is 46.7 Å². The molecule has 22 heteroatoms. The largest absolute Gasteiger partial charge is 0.458 e. The molecule has 0 bridgehead atoms. The summed E-state index contributed by atoms with van der Waals surface area (Å²) in [4.78, 5) is 122. The van der Waals surface area contributed by atoms with Gasteiger partial charge in [0.25, 0.3) is 17.4 Å². The maximum atomic E-state index is 15.4. The molecule has 0 unspecified atom stereocenters. The van der Waals surface area contributed by atoms with Crippen molar-refractivity contribution in [2.45, 2.75) is 76.9 Å². The zero-order valence-corrected chi connectivity index (χ0v) is 40.7. The van der Waals surface area contributed by atoms with Crippen LogP contribution in [0.15, 0.2) is 77.6 Å². The lowest BCUT2D eigenvalue weighted by Crippen LogP contribution is -2.52. The third kappa shape index (κ3) is 10.0. The summed E-state index contributed by atoms with van der Waals surface area (Å²) in [5, 5.41) is 22.2. The van der Waals surface area contributed by atoms with Crippen LogP contribution in [0.25, 0.3) is 22.3 Å². The fourth-order valence-corrected chi connectivity index (χ4v) is 10.0. The second kappa shape index (κ2) is 21.2. The lowest BCUT2D eigenvalue weighted by atomic mass is 9.82. The summed E-state index contributed by atoms with van der Waals surface area (Å²) in [6.07, 6.45) is 1.97. The molecule has 3 atom stereocenters. The number of fused-ring (bicyclic) bond motifs is 5. The first-order chi connectivity index (χ1) is 36.0. The van der Waals surface area contributed by atoms with E-state index in [1.165, 1.54) is 28.8 Å². The number of hydrogen-bond acceptors (Lipinski definition) is 14. The number of carbonyl (C=O) groups is 8. The average molecular weight is 1030 g/mol. The smallest absolute Gasteiger partial charge is 0.343 e. The number of halogens is 1. The van der Waals surface area contributed by atoms with Gasteiger partial charge in [-0.3, -0.25) is 38.4 Å². The third-order valence-corrected chi connectivity index (χ3v) is 13.9. The van der Waals surface area contributed by atoms with E-state index in [0.29, 0.717) is 46.4 Å². The van der Waals surface area contributed by atoms with E-state index < -0.39 is 96.0 Å². The van der Waals surface area contributed by atoms with Gasteiger partial charge in [0.2, 0.25) is 29.5 Å². The molecule has 9 rings (SSSR count). The number of anilines is 1. The number of aryl methyl sites for hydroxylation is 1. The van der Waals surface area contributed by atoms with Crippen LogP contribution in [-0.4, -0.2) is 101 Å². The molecular weight excluding hydrogens is 976 g/mol. The summed E-state index contributed by atoms with van der Waals surface area (Å²) < 4.78 is 34.2. The molecule has 5 heterocycles. The van der Waals surface area contributed by atoms with Crippen molar-refractivity contribution in [3.05, 3.63) is 139 Å². The number of primary amides is 1. The number of carbonyl (C=O) groups excluding carboxylic acids is 8. The van der Waals surface area contributed by atoms with E-state index in [1.54, 1.807) is 50.2 Å². The highest BCUT2D eigenvalue weighted by molar-refractivity contribution is 6.28. The Labute approximate surface area is 426 Å². The molecule has 3 aromatic carbocycles. The summed E-state index contributed by atoms with van der Waals surface area (Å²) in [6, 6.07) is 14.6. The predicted molar refractivity (Wildman–Crippen MR) is 264 cm³/mol. The van der Waals surface area contributed by atoms with Gasteiger partial charge in [-0.05, 0) is 72.2 Å². The van der Waals surface area contributed by atoms with Crippen LogP contribution in [0.4, 0.5) is 10.1 Å². The molecule has 0 radical (unpaired) electrons. The first-order valence-corrected chi connectivity index (χ1v) is 24.1. The van der Waals surface area contributed by atoms with Gasteiger partial charge in [-0.15, -0.1) is 0 Å². The van der Waals surface area contributed by atoms with Crippen LogP contribution in [0.3, 0.4) is 0 Å². The number of ether oxygens (including phenoxy) is 3. The molecule has 21 nitrogen and oxygen atoms in total. The quantitative estimate of drug-likeness (QED) is 0.0289. The lowest BCUT2D eigenvalue weighted by Gasteiger charge is -2.31. The highest BCUT2D eigenvalue weighted by Gasteiger charge is 2.46. The number of hydrogen-bond donors (Lipinski definition) is 6. The minimum atomic E-state index is -2.02. The number of aromatic nitrogens is 2. The average Bonchev–Trinajstić information content (AvgIpc) is 3.97. The summed E-state index contributed by atoms with van der Waals surface area (Å²) in [7, 11) is 0. The van der Waals surface area contributed by atoms with Gasteiger partial charge in [-0.25, -0.2) is 19.1 Å². The van der Waals surface area contributed by atoms with Gasteiger partial charge in [0.05, 0.1) is 73.5 Å². The van der Waals surface area contributed by atoms with Gasteiger partial charge < -0.3 is 50.9 Å². The van der Waals surface area contributed by atoms with Crippen LogP contribution in [0.1, 0.15) is 80.7 Å². The number of nitrogens with zero attached hydrogens (tertiary/aromatic N) is 3. The lowest BCUT2D eigenvalue weighted by molar-refractivity contribution is -0.172. The zero-order valence-electron chi connectivity index (χ0n) is 40.7. The first-order valence-electron chi connectivity index (χ1n) is 24.1. The number of pyridine rings is 2. The summed E-state index contributed by atoms with van der Waals surface area (Å²) >= 11 is 0. The van der Waals surface area contributed by atoms with Crippen molar-refractivity contribution in [3.8, 4) is 11.4 Å². The Morgan fingerprint density at radius 1 is 0.920 bits per heavy atom. The molecule has 0 fully saturated rings. The van der Waals surface area contributed by atoms with Crippen LogP contribution < -0.4 is 37.5 Å². The Hall–Kier alpha value is -8.47. The van der Waals surface area contributed by atoms with Gasteiger partial charge >= 0.3 is 5.97 Å². The van der Waals surface area contributed by atoms with Crippen molar-refractivity contribution in [1.82, 2.24) is 30.8 Å². The molecule has 1 aliphatic carbocycles. The van der Waals surface area contributed by atoms with E-state index in [-0.39, 0.29) is 73.9 Å². The summed E-state index contributed by atoms with van der Waals surface area (Å²) in [5.74, 6) is -6.41. The zero-order chi connectivity index (χ0) is 53.3. The highest BCUT2D eigenvalue weighted by atomic mass is 19.1. The van der Waals surface area contributed by atoms with E-state index in [2.05, 4.69) is 21.3 Å². The minimum absolute atomic E-state index is 0.0102. The number of imide groups is 1. The van der Waals surface area contributed by atoms with E-state index >= 15 is 4.39 Å². The van der Waals surface area contributed by atoms with Crippen LogP contribution in [0.2, 0.25) is 0 Å². The molecule has 7 N–H and O–H groups in total. The van der Waals surface area contributed by atoms with Crippen molar-refractivity contribution < 1.29 is 62.1 Å². The second-order valence-corrected chi connectivity index (χ2v) is 18.4. The van der Waals surface area contributed by atoms with Crippen LogP contribution in [-0.2, 0) is 85.8 Å². The molecule has 0 saturated heterocycles. The first kappa shape index (κ1) is 51.4. The number of amides is 7. The second-order valence-electron chi connectivity index (χ2n) is 18.4. The van der Waals surface area contributed by atoms with Crippen molar-refractivity contribution in [1.29, 1.82) is 0 Å². The maximum absolute atomic E-state index is 15.4. The van der Waals surface area contributed by atoms with E-state index in [9.17, 15) is 48.3 Å². The van der Waals surface area contributed by atoms with Gasteiger partial charge in [-0.2, -0.15) is 0 Å². The summed E-state index contributed by atoms with van der Waals surface area (Å²) in [5.41, 5.74) is 7.83. The topological polar surface area (TPSA) is 297 Å². The van der Waals surface area contributed by atoms with Crippen molar-refractivity contribution in [3.63, 3.8) is 0 Å². The monoisotopic (exact) mass is 1030 g/mol. The maximum Gasteiger partial charge on any atom is 0.343 e. The Balaban J connectivity index is 0.788. The number of benzene rings is 3. The molecular formula is C53H51FN8O13. The molecule has 7 amide bonds. The molecule has 0 spiro atoms. The van der Waals surface area contributed by atoms with Crippen molar-refractivity contribution in [2.24, 2.45) is 5.73 Å². The fourth-order valence-electron chi connectivity index (χ4n) is 10.0. The molecule has 2 aromatic heterocycles. The van der Waals surface area contributed by atoms with Crippen LogP contribution in [0.5, 0.6) is 0 Å². The number of aliphatic hydroxyl groups is 1. The standard InChI is InChI=1S/C53H51FN8O13/c1-3-53(72)34-20-39-48-32(24-61(39)51(70)33(34)25-75-52(53)71)47-40(13-12-29-27(2)35(54)21-36(60-48)46(29)47)74-17-16-73-26-58-42(64)22-57-50(69)37(18-28-8-5-4-6-9-28)59-43(65)23-56-41(63)19-31-30(49(55)68)10-7-11-38(31)62-44(66)14-15-45(62)67/h4-11,14-15,20-21,37,40,72H,3,12-13,16-19,22-26H2,1-2H3,(H2,55,68)(H,56,63)(H,57,69)(H,58,64)(H,59,65)/t37-,40-,53-/m0/s1. The Morgan fingerprint density at radius 2 is 1.67 bits per heavy atom.